The van der Waals surface area contributed by atoms with E-state index in [0.29, 0.717) is 11.9 Å². The van der Waals surface area contributed by atoms with Crippen LogP contribution in [0.1, 0.15) is 0 Å². The number of aromatic nitrogens is 8. The molecular formula is C98H64N8. The summed E-state index contributed by atoms with van der Waals surface area (Å²) in [6.07, 6.45) is 0. The van der Waals surface area contributed by atoms with Gasteiger partial charge in [-0.1, -0.05) is 297 Å². The lowest BCUT2D eigenvalue weighted by Gasteiger charge is -2.13. The molecule has 0 saturated heterocycles. The van der Waals surface area contributed by atoms with Crippen molar-refractivity contribution in [1.29, 1.82) is 0 Å². The normalized spacial score (nSPS) is 11.6. The van der Waals surface area contributed by atoms with E-state index in [1.165, 1.54) is 71.4 Å². The van der Waals surface area contributed by atoms with Gasteiger partial charge in [-0.05, 0) is 124 Å². The molecule has 0 radical (unpaired) electrons. The van der Waals surface area contributed by atoms with Gasteiger partial charge >= 0.3 is 0 Å². The maximum atomic E-state index is 5.38. The van der Waals surface area contributed by atoms with Gasteiger partial charge in [0.2, 0.25) is 11.9 Å². The van der Waals surface area contributed by atoms with Crippen molar-refractivity contribution in [2.45, 2.75) is 0 Å². The first kappa shape index (κ1) is 61.5. The summed E-state index contributed by atoms with van der Waals surface area (Å²) in [6.45, 7) is 0. The second kappa shape index (κ2) is 25.9. The van der Waals surface area contributed by atoms with E-state index in [1.807, 2.05) is 6.07 Å². The summed E-state index contributed by atoms with van der Waals surface area (Å²) >= 11 is 0. The van der Waals surface area contributed by atoms with Gasteiger partial charge in [0.25, 0.3) is 0 Å². The quantitative estimate of drug-likeness (QED) is 0.129. The summed E-state index contributed by atoms with van der Waals surface area (Å²) in [5, 5.41) is 9.43. The molecule has 6 aromatic heterocycles. The van der Waals surface area contributed by atoms with Crippen LogP contribution in [0.25, 0.3) is 189 Å². The summed E-state index contributed by atoms with van der Waals surface area (Å²) in [7, 11) is 0. The Bertz CT molecular complexity index is 6780. The molecule has 21 rings (SSSR count). The van der Waals surface area contributed by atoms with Gasteiger partial charge in [-0.3, -0.25) is 9.13 Å². The summed E-state index contributed by atoms with van der Waals surface area (Å²) < 4.78 is 9.25. The van der Waals surface area contributed by atoms with E-state index in [9.17, 15) is 0 Å². The van der Waals surface area contributed by atoms with Crippen molar-refractivity contribution in [2.24, 2.45) is 0 Å². The Morgan fingerprint density at radius 2 is 0.377 bits per heavy atom. The van der Waals surface area contributed by atoms with Gasteiger partial charge < -0.3 is 9.13 Å². The maximum absolute atomic E-state index is 5.38. The van der Waals surface area contributed by atoms with E-state index < -0.39 is 0 Å². The van der Waals surface area contributed by atoms with Gasteiger partial charge in [-0.15, -0.1) is 0 Å². The molecule has 0 spiro atoms. The van der Waals surface area contributed by atoms with Crippen LogP contribution in [0.3, 0.4) is 0 Å². The molecule has 8 nitrogen and oxygen atoms in total. The highest BCUT2D eigenvalue weighted by atomic mass is 15.2. The standard InChI is InChI=1S/C52H34N4.C46H30N4/c1-4-14-35(15-5-1)37-24-28-39(29-25-37)46-34-47(40-30-26-38(27-31-40)36-16-6-2-7-17-36)54-52(53-46)56-49-23-13-11-21-43(49)45-32-50-44(33-51(45)56)42-20-10-12-22-48(42)55(50)41-18-8-3-9-19-41;1-4-15-31(16-5-1)33-19-14-20-34(27-33)41-30-40(32-17-6-2-7-18-32)47-46(48-41)50-43-26-13-11-24-37(43)39-28-44-38(29-45(39)50)36-23-10-12-25-42(36)49(44)35-21-8-3-9-22-35/h1-34H;1-30H. The molecule has 0 aliphatic carbocycles. The largest absolute Gasteiger partial charge is 0.309 e. The van der Waals surface area contributed by atoms with Crippen molar-refractivity contribution in [3.05, 3.63) is 388 Å². The number of hydrogen-bond donors (Lipinski definition) is 0. The molecule has 496 valence electrons. The van der Waals surface area contributed by atoms with Crippen LogP contribution in [0, 0.1) is 0 Å². The average molecular weight is 1350 g/mol. The van der Waals surface area contributed by atoms with Crippen LogP contribution in [-0.2, 0) is 0 Å². The molecule has 0 bridgehead atoms. The zero-order chi connectivity index (χ0) is 70.0. The van der Waals surface area contributed by atoms with E-state index in [2.05, 4.69) is 400 Å². The molecule has 106 heavy (non-hydrogen) atoms. The molecule has 6 heterocycles. The van der Waals surface area contributed by atoms with Gasteiger partial charge in [0.1, 0.15) is 0 Å². The number of benzene rings is 15. The molecular weight excluding hydrogens is 1290 g/mol. The number of fused-ring (bicyclic) bond motifs is 12. The summed E-state index contributed by atoms with van der Waals surface area (Å²) in [5.41, 5.74) is 25.9. The van der Waals surface area contributed by atoms with E-state index in [4.69, 9.17) is 19.9 Å². The topological polar surface area (TPSA) is 71.3 Å². The lowest BCUT2D eigenvalue weighted by Crippen LogP contribution is -2.04. The average Bonchev–Trinajstić information content (AvgIpc) is 1.56. The fraction of sp³-hybridized carbons (Fsp3) is 0. The van der Waals surface area contributed by atoms with Crippen molar-refractivity contribution in [3.63, 3.8) is 0 Å². The van der Waals surface area contributed by atoms with Crippen molar-refractivity contribution >= 4 is 87.2 Å². The molecule has 0 unspecified atom stereocenters. The highest BCUT2D eigenvalue weighted by molar-refractivity contribution is 6.20. The van der Waals surface area contributed by atoms with Crippen molar-refractivity contribution in [3.8, 4) is 102 Å². The fourth-order valence-corrected chi connectivity index (χ4v) is 15.7. The van der Waals surface area contributed by atoms with Crippen LogP contribution in [0.4, 0.5) is 0 Å². The van der Waals surface area contributed by atoms with Crippen LogP contribution in [0.5, 0.6) is 0 Å². The summed E-state index contributed by atoms with van der Waals surface area (Å²) in [4.78, 5) is 21.4. The highest BCUT2D eigenvalue weighted by Gasteiger charge is 2.24. The van der Waals surface area contributed by atoms with Gasteiger partial charge in [0, 0.05) is 76.7 Å². The molecule has 0 saturated carbocycles. The van der Waals surface area contributed by atoms with E-state index >= 15 is 0 Å². The highest BCUT2D eigenvalue weighted by Crippen LogP contribution is 2.43. The van der Waals surface area contributed by atoms with Crippen LogP contribution < -0.4 is 0 Å². The van der Waals surface area contributed by atoms with E-state index in [1.54, 1.807) is 0 Å². The fourth-order valence-electron chi connectivity index (χ4n) is 15.7. The molecule has 21 aromatic rings. The third-order valence-corrected chi connectivity index (χ3v) is 20.7. The number of para-hydroxylation sites is 6. The molecule has 0 aliphatic heterocycles. The van der Waals surface area contributed by atoms with Gasteiger partial charge in [0.15, 0.2) is 0 Å². The second-order valence-electron chi connectivity index (χ2n) is 26.9. The van der Waals surface area contributed by atoms with Crippen LogP contribution in [0.2, 0.25) is 0 Å². The Morgan fingerprint density at radius 3 is 0.736 bits per heavy atom. The molecule has 0 amide bonds. The summed E-state index contributed by atoms with van der Waals surface area (Å²) in [6, 6.07) is 137. The van der Waals surface area contributed by atoms with Crippen molar-refractivity contribution in [2.75, 3.05) is 0 Å². The van der Waals surface area contributed by atoms with E-state index in [-0.39, 0.29) is 0 Å². The van der Waals surface area contributed by atoms with Gasteiger partial charge in [-0.25, -0.2) is 19.9 Å². The first-order valence-corrected chi connectivity index (χ1v) is 35.9. The number of hydrogen-bond acceptors (Lipinski definition) is 4. The predicted octanol–water partition coefficient (Wildman–Crippen LogP) is 25.0. The number of rotatable bonds is 11. The van der Waals surface area contributed by atoms with Crippen molar-refractivity contribution < 1.29 is 0 Å². The Labute approximate surface area is 611 Å². The Balaban J connectivity index is 0.000000141. The smallest absolute Gasteiger partial charge is 0.235 e. The van der Waals surface area contributed by atoms with Gasteiger partial charge in [-0.2, -0.15) is 0 Å². The zero-order valence-corrected chi connectivity index (χ0v) is 57.5. The zero-order valence-electron chi connectivity index (χ0n) is 57.5. The summed E-state index contributed by atoms with van der Waals surface area (Å²) in [5.74, 6) is 1.28. The van der Waals surface area contributed by atoms with Crippen LogP contribution in [-0.4, -0.2) is 38.2 Å². The maximum Gasteiger partial charge on any atom is 0.235 e. The Morgan fingerprint density at radius 1 is 0.142 bits per heavy atom. The molecule has 0 fully saturated rings. The van der Waals surface area contributed by atoms with Crippen LogP contribution >= 0.6 is 0 Å². The molecule has 8 heteroatoms. The minimum Gasteiger partial charge on any atom is -0.309 e. The predicted molar refractivity (Wildman–Crippen MR) is 439 cm³/mol. The lowest BCUT2D eigenvalue weighted by molar-refractivity contribution is 0.996. The molecule has 0 N–H and O–H groups in total. The van der Waals surface area contributed by atoms with Gasteiger partial charge in [0.05, 0.1) is 66.9 Å². The molecule has 0 aliphatic rings. The van der Waals surface area contributed by atoms with E-state index in [0.717, 1.165) is 106 Å². The Hall–Kier alpha value is -14.3. The first-order valence-electron chi connectivity index (χ1n) is 35.9. The SMILES string of the molecule is c1ccc(-c2ccc(-c3cc(-c4ccc(-c5ccccc5)cc4)nc(-n4c5ccccc5c5cc6c(cc54)c4ccccc4n6-c4ccccc4)n3)cc2)cc1.c1ccc(-c2cccc(-c3cc(-c4ccccc4)nc(-n4c5ccccc5c5cc6c(cc54)c4ccccc4n6-c4ccccc4)n3)c2)cc1. The second-order valence-corrected chi connectivity index (χ2v) is 26.9. The first-order chi connectivity index (χ1) is 52.6. The van der Waals surface area contributed by atoms with Crippen molar-refractivity contribution in [1.82, 2.24) is 38.2 Å². The number of nitrogens with zero attached hydrogens (tertiary/aromatic N) is 8. The molecule has 0 atom stereocenters. The minimum absolute atomic E-state index is 0.633. The third-order valence-electron chi connectivity index (χ3n) is 20.7. The minimum atomic E-state index is 0.633. The monoisotopic (exact) mass is 1350 g/mol. The lowest BCUT2D eigenvalue weighted by atomic mass is 10.0. The third kappa shape index (κ3) is 10.8. The van der Waals surface area contributed by atoms with Crippen LogP contribution in [0.15, 0.2) is 388 Å². The molecule has 15 aromatic carbocycles. The Kier molecular flexibility index (Phi) is 15.0.